The van der Waals surface area contributed by atoms with E-state index in [0.29, 0.717) is 19.5 Å². The lowest BCUT2D eigenvalue weighted by Gasteiger charge is -2.12. The van der Waals surface area contributed by atoms with Crippen molar-refractivity contribution in [2.45, 2.75) is 26.3 Å². The first kappa shape index (κ1) is 16.2. The van der Waals surface area contributed by atoms with Gasteiger partial charge in [-0.15, -0.1) is 0 Å². The highest BCUT2D eigenvalue weighted by atomic mass is 32.2. The molecule has 0 aromatic carbocycles. The second-order valence-corrected chi connectivity index (χ2v) is 5.11. The van der Waals surface area contributed by atoms with Crippen LogP contribution in [0.4, 0.5) is 0 Å². The maximum Gasteiger partial charge on any atom is 0.237 e. The fraction of sp³-hybridized carbons (Fsp3) is 0.818. The predicted octanol–water partition coefficient (Wildman–Crippen LogP) is -0.0448. The molecule has 0 unspecified atom stereocenters. The molecule has 0 saturated carbocycles. The maximum atomic E-state index is 11.5. The minimum absolute atomic E-state index is 0.00840. The van der Waals surface area contributed by atoms with E-state index in [1.54, 1.807) is 11.8 Å². The number of nitrogens with two attached hydrogens (primary N) is 1. The third kappa shape index (κ3) is 8.04. The Morgan fingerprint density at radius 3 is 2.18 bits per heavy atom. The van der Waals surface area contributed by atoms with Gasteiger partial charge in [0.1, 0.15) is 0 Å². The molecule has 5 nitrogen and oxygen atoms in total. The van der Waals surface area contributed by atoms with Crippen molar-refractivity contribution >= 4 is 23.6 Å². The van der Waals surface area contributed by atoms with Crippen LogP contribution in [0.5, 0.6) is 0 Å². The number of nitrogens with one attached hydrogen (secondary N) is 2. The summed E-state index contributed by atoms with van der Waals surface area (Å²) in [6.45, 7) is 4.51. The molecule has 0 aromatic rings. The van der Waals surface area contributed by atoms with Crippen LogP contribution in [0.25, 0.3) is 0 Å². The number of rotatable bonds is 8. The fourth-order valence-corrected chi connectivity index (χ4v) is 1.57. The molecule has 0 bridgehead atoms. The first-order valence-corrected chi connectivity index (χ1v) is 7.18. The summed E-state index contributed by atoms with van der Waals surface area (Å²) in [5.74, 6) is 0.678. The third-order valence-corrected chi connectivity index (χ3v) is 2.86. The van der Waals surface area contributed by atoms with Gasteiger partial charge in [0.2, 0.25) is 11.8 Å². The summed E-state index contributed by atoms with van der Waals surface area (Å²) in [6, 6.07) is -0.455. The highest BCUT2D eigenvalue weighted by Crippen LogP contribution is 1.98. The van der Waals surface area contributed by atoms with Crippen molar-refractivity contribution in [3.63, 3.8) is 0 Å². The summed E-state index contributed by atoms with van der Waals surface area (Å²) in [5, 5.41) is 5.42. The highest BCUT2D eigenvalue weighted by Gasteiger charge is 2.12. The topological polar surface area (TPSA) is 84.2 Å². The second kappa shape index (κ2) is 9.30. The minimum atomic E-state index is -0.455. The summed E-state index contributed by atoms with van der Waals surface area (Å²) in [6.07, 6.45) is 2.65. The zero-order valence-corrected chi connectivity index (χ0v) is 11.6. The van der Waals surface area contributed by atoms with Crippen molar-refractivity contribution in [1.29, 1.82) is 0 Å². The van der Waals surface area contributed by atoms with Crippen LogP contribution in [-0.2, 0) is 9.59 Å². The van der Waals surface area contributed by atoms with Crippen molar-refractivity contribution in [2.24, 2.45) is 11.7 Å². The normalized spacial score (nSPS) is 12.3. The summed E-state index contributed by atoms with van der Waals surface area (Å²) in [5.41, 5.74) is 5.68. The molecule has 0 aliphatic carbocycles. The van der Waals surface area contributed by atoms with Gasteiger partial charge < -0.3 is 16.4 Å². The Morgan fingerprint density at radius 1 is 1.18 bits per heavy atom. The lowest BCUT2D eigenvalue weighted by Crippen LogP contribution is -2.44. The lowest BCUT2D eigenvalue weighted by atomic mass is 10.2. The number of carbonyl (C=O) groups excluding carboxylic acids is 2. The Bertz CT molecular complexity index is 247. The summed E-state index contributed by atoms with van der Waals surface area (Å²) in [4.78, 5) is 22.7. The molecule has 0 radical (unpaired) electrons. The predicted molar refractivity (Wildman–Crippen MR) is 71.8 cm³/mol. The van der Waals surface area contributed by atoms with Gasteiger partial charge in [-0.1, -0.05) is 13.8 Å². The highest BCUT2D eigenvalue weighted by molar-refractivity contribution is 7.98. The van der Waals surface area contributed by atoms with Crippen molar-refractivity contribution in [1.82, 2.24) is 10.6 Å². The SMILES string of the molecule is CSCC[C@H](N)C(=O)NCCNC(=O)C(C)C. The Balaban J connectivity index is 3.60. The van der Waals surface area contributed by atoms with E-state index in [9.17, 15) is 9.59 Å². The van der Waals surface area contributed by atoms with Gasteiger partial charge in [-0.25, -0.2) is 0 Å². The molecule has 0 aliphatic heterocycles. The van der Waals surface area contributed by atoms with Crippen molar-refractivity contribution in [2.75, 3.05) is 25.1 Å². The van der Waals surface area contributed by atoms with E-state index in [4.69, 9.17) is 5.73 Å². The number of hydrogen-bond donors (Lipinski definition) is 3. The molecular formula is C11H23N3O2S. The molecule has 100 valence electrons. The van der Waals surface area contributed by atoms with E-state index in [-0.39, 0.29) is 17.7 Å². The monoisotopic (exact) mass is 261 g/mol. The van der Waals surface area contributed by atoms with Gasteiger partial charge in [0.15, 0.2) is 0 Å². The maximum absolute atomic E-state index is 11.5. The van der Waals surface area contributed by atoms with Gasteiger partial charge in [0, 0.05) is 19.0 Å². The van der Waals surface area contributed by atoms with E-state index < -0.39 is 6.04 Å². The Kier molecular flexibility index (Phi) is 8.89. The lowest BCUT2D eigenvalue weighted by molar-refractivity contribution is -0.125. The smallest absolute Gasteiger partial charge is 0.237 e. The van der Waals surface area contributed by atoms with Gasteiger partial charge in [-0.2, -0.15) is 11.8 Å². The van der Waals surface area contributed by atoms with E-state index in [0.717, 1.165) is 5.75 Å². The minimum Gasteiger partial charge on any atom is -0.354 e. The van der Waals surface area contributed by atoms with Crippen LogP contribution in [0.1, 0.15) is 20.3 Å². The number of amides is 2. The molecule has 0 saturated heterocycles. The Hall–Kier alpha value is -0.750. The first-order chi connectivity index (χ1) is 7.99. The second-order valence-electron chi connectivity index (χ2n) is 4.12. The molecule has 2 amide bonds. The van der Waals surface area contributed by atoms with Crippen molar-refractivity contribution in [3.8, 4) is 0 Å². The van der Waals surface area contributed by atoms with Gasteiger partial charge in [-0.3, -0.25) is 9.59 Å². The summed E-state index contributed by atoms with van der Waals surface area (Å²) in [7, 11) is 0. The van der Waals surface area contributed by atoms with Crippen molar-refractivity contribution < 1.29 is 9.59 Å². The molecule has 0 spiro atoms. The summed E-state index contributed by atoms with van der Waals surface area (Å²) < 4.78 is 0. The van der Waals surface area contributed by atoms with Crippen LogP contribution in [-0.4, -0.2) is 43.0 Å². The van der Waals surface area contributed by atoms with E-state index >= 15 is 0 Å². The Morgan fingerprint density at radius 2 is 1.71 bits per heavy atom. The third-order valence-electron chi connectivity index (χ3n) is 2.22. The number of carbonyl (C=O) groups is 2. The number of hydrogen-bond acceptors (Lipinski definition) is 4. The number of thioether (sulfide) groups is 1. The molecule has 0 fully saturated rings. The molecule has 0 rings (SSSR count). The van der Waals surface area contributed by atoms with Crippen LogP contribution in [0.3, 0.4) is 0 Å². The van der Waals surface area contributed by atoms with Crippen molar-refractivity contribution in [3.05, 3.63) is 0 Å². The summed E-state index contributed by atoms with van der Waals surface area (Å²) >= 11 is 1.67. The van der Waals surface area contributed by atoms with E-state index in [1.807, 2.05) is 20.1 Å². The van der Waals surface area contributed by atoms with Gasteiger partial charge in [0.25, 0.3) is 0 Å². The van der Waals surface area contributed by atoms with Gasteiger partial charge >= 0.3 is 0 Å². The zero-order chi connectivity index (χ0) is 13.3. The van der Waals surface area contributed by atoms with Crippen LogP contribution < -0.4 is 16.4 Å². The molecule has 6 heteroatoms. The first-order valence-electron chi connectivity index (χ1n) is 5.79. The molecule has 1 atom stereocenters. The van der Waals surface area contributed by atoms with Crippen LogP contribution in [0.15, 0.2) is 0 Å². The average molecular weight is 261 g/mol. The molecule has 0 aliphatic rings. The van der Waals surface area contributed by atoms with Gasteiger partial charge in [0.05, 0.1) is 6.04 Å². The standard InChI is InChI=1S/C11H23N3O2S/c1-8(2)10(15)13-5-6-14-11(16)9(12)4-7-17-3/h8-9H,4-7,12H2,1-3H3,(H,13,15)(H,14,16)/t9-/m0/s1. The fourth-order valence-electron chi connectivity index (χ4n) is 1.08. The largest absolute Gasteiger partial charge is 0.354 e. The van der Waals surface area contributed by atoms with E-state index in [1.165, 1.54) is 0 Å². The molecule has 0 aromatic heterocycles. The van der Waals surface area contributed by atoms with Crippen LogP contribution in [0.2, 0.25) is 0 Å². The van der Waals surface area contributed by atoms with E-state index in [2.05, 4.69) is 10.6 Å². The Labute approximate surface area is 107 Å². The van der Waals surface area contributed by atoms with Crippen LogP contribution in [0, 0.1) is 5.92 Å². The molecular weight excluding hydrogens is 238 g/mol. The van der Waals surface area contributed by atoms with Gasteiger partial charge in [-0.05, 0) is 18.4 Å². The molecule has 4 N–H and O–H groups in total. The molecule has 17 heavy (non-hydrogen) atoms. The average Bonchev–Trinajstić information content (AvgIpc) is 2.30. The quantitative estimate of drug-likeness (QED) is 0.535. The zero-order valence-electron chi connectivity index (χ0n) is 10.8. The van der Waals surface area contributed by atoms with Crippen LogP contribution >= 0.6 is 11.8 Å². The molecule has 0 heterocycles.